The Kier molecular flexibility index (Phi) is 6.89. The molecule has 1 fully saturated rings. The van der Waals surface area contributed by atoms with Gasteiger partial charge in [0, 0.05) is 29.7 Å². The molecule has 0 radical (unpaired) electrons. The number of benzene rings is 2. The van der Waals surface area contributed by atoms with Crippen LogP contribution in [0.15, 0.2) is 62.9 Å². The summed E-state index contributed by atoms with van der Waals surface area (Å²) in [7, 11) is 0. The van der Waals surface area contributed by atoms with Gasteiger partial charge in [-0.25, -0.2) is 9.37 Å². The van der Waals surface area contributed by atoms with Crippen LogP contribution in [0, 0.1) is 5.82 Å². The van der Waals surface area contributed by atoms with Crippen molar-refractivity contribution in [3.05, 3.63) is 70.6 Å². The van der Waals surface area contributed by atoms with Gasteiger partial charge in [-0.2, -0.15) is 0 Å². The van der Waals surface area contributed by atoms with E-state index in [1.54, 1.807) is 30.3 Å². The lowest BCUT2D eigenvalue weighted by molar-refractivity contribution is -0.121. The number of thioether (sulfide) groups is 1. The zero-order chi connectivity index (χ0) is 24.2. The lowest BCUT2D eigenvalue weighted by Crippen LogP contribution is -2.37. The maximum Gasteiger partial charge on any atom is 0.259 e. The van der Waals surface area contributed by atoms with Crippen LogP contribution in [0.2, 0.25) is 0 Å². The number of nitrogens with zero attached hydrogens (tertiary/aromatic N) is 3. The molecule has 0 bridgehead atoms. The molecule has 10 heteroatoms. The van der Waals surface area contributed by atoms with Gasteiger partial charge in [0.1, 0.15) is 5.82 Å². The number of para-hydroxylation sites is 1. The Morgan fingerprint density at radius 2 is 1.86 bits per heavy atom. The van der Waals surface area contributed by atoms with E-state index in [2.05, 4.69) is 25.5 Å². The number of nitrogens with one attached hydrogen (secondary N) is 2. The molecule has 0 spiro atoms. The van der Waals surface area contributed by atoms with E-state index in [4.69, 9.17) is 4.42 Å². The fourth-order valence-electron chi connectivity index (χ4n) is 4.27. The van der Waals surface area contributed by atoms with Crippen molar-refractivity contribution in [2.24, 2.45) is 0 Å². The summed E-state index contributed by atoms with van der Waals surface area (Å²) < 4.78 is 19.0. The summed E-state index contributed by atoms with van der Waals surface area (Å²) in [6.45, 7) is 0. The summed E-state index contributed by atoms with van der Waals surface area (Å²) in [4.78, 5) is 31.8. The van der Waals surface area contributed by atoms with Crippen LogP contribution >= 0.6 is 11.8 Å². The Morgan fingerprint density at radius 3 is 2.66 bits per heavy atom. The monoisotopic (exact) mass is 493 g/mol. The predicted molar refractivity (Wildman–Crippen MR) is 131 cm³/mol. The molecule has 4 aromatic rings. The van der Waals surface area contributed by atoms with E-state index in [0.29, 0.717) is 45.6 Å². The number of aromatic nitrogens is 4. The smallest absolute Gasteiger partial charge is 0.259 e. The molecule has 0 saturated heterocycles. The van der Waals surface area contributed by atoms with E-state index in [1.807, 2.05) is 6.07 Å². The van der Waals surface area contributed by atoms with Gasteiger partial charge in [0.05, 0.1) is 10.9 Å². The maximum absolute atomic E-state index is 13.1. The van der Waals surface area contributed by atoms with Gasteiger partial charge in [-0.1, -0.05) is 23.9 Å². The number of H-pyrrole nitrogens is 1. The molecule has 0 unspecified atom stereocenters. The lowest BCUT2D eigenvalue weighted by atomic mass is 9.86. The van der Waals surface area contributed by atoms with Crippen molar-refractivity contribution in [1.82, 2.24) is 25.5 Å². The highest BCUT2D eigenvalue weighted by Crippen LogP contribution is 2.33. The van der Waals surface area contributed by atoms with Gasteiger partial charge in [0.2, 0.25) is 17.7 Å². The largest absolute Gasteiger partial charge is 0.420 e. The number of aromatic amines is 1. The molecule has 1 aliphatic carbocycles. The van der Waals surface area contributed by atoms with E-state index < -0.39 is 0 Å². The summed E-state index contributed by atoms with van der Waals surface area (Å²) >= 11 is 1.36. The number of amides is 1. The second-order valence-electron chi connectivity index (χ2n) is 8.56. The standard InChI is InChI=1S/C25H24FN5O3S/c26-17-9-5-15(6-10-17)23-30-31-24(34-23)16-7-11-18(12-8-16)27-21(32)13-14-35-25-28-20-4-2-1-3-19(20)22(33)29-25/h1-6,9-10,16,18H,7-8,11-14H2,(H,27,32)(H,28,29,33). The summed E-state index contributed by atoms with van der Waals surface area (Å²) in [6.07, 6.45) is 3.68. The van der Waals surface area contributed by atoms with E-state index in [1.165, 1.54) is 23.9 Å². The predicted octanol–water partition coefficient (Wildman–Crippen LogP) is 4.44. The first kappa shape index (κ1) is 23.2. The Bertz CT molecular complexity index is 1380. The van der Waals surface area contributed by atoms with Gasteiger partial charge in [0.15, 0.2) is 5.16 Å². The molecule has 1 amide bonds. The SMILES string of the molecule is O=C(CCSc1nc2ccccc2c(=O)[nH]1)NC1CCC(c2nnc(-c3ccc(F)cc3)o2)CC1. The first-order valence-corrected chi connectivity index (χ1v) is 12.5. The number of carbonyl (C=O) groups excluding carboxylic acids is 1. The summed E-state index contributed by atoms with van der Waals surface area (Å²) in [5, 5.41) is 12.5. The number of halogens is 1. The molecule has 35 heavy (non-hydrogen) atoms. The molecule has 8 nitrogen and oxygen atoms in total. The van der Waals surface area contributed by atoms with Gasteiger partial charge in [0.25, 0.3) is 5.56 Å². The van der Waals surface area contributed by atoms with E-state index in [-0.39, 0.29) is 29.2 Å². The van der Waals surface area contributed by atoms with Crippen molar-refractivity contribution in [3.8, 4) is 11.5 Å². The topological polar surface area (TPSA) is 114 Å². The average Bonchev–Trinajstić information content (AvgIpc) is 3.35. The Hall–Kier alpha value is -3.53. The van der Waals surface area contributed by atoms with Crippen molar-refractivity contribution in [1.29, 1.82) is 0 Å². The van der Waals surface area contributed by atoms with Crippen LogP contribution in [0.25, 0.3) is 22.4 Å². The molecule has 0 aliphatic heterocycles. The molecule has 2 aromatic heterocycles. The van der Waals surface area contributed by atoms with Crippen molar-refractivity contribution in [2.45, 2.75) is 49.2 Å². The van der Waals surface area contributed by atoms with E-state index in [0.717, 1.165) is 25.7 Å². The normalized spacial score (nSPS) is 18.0. The third kappa shape index (κ3) is 5.59. The molecular weight excluding hydrogens is 469 g/mol. The van der Waals surface area contributed by atoms with Crippen molar-refractivity contribution >= 4 is 28.6 Å². The summed E-state index contributed by atoms with van der Waals surface area (Å²) in [5.41, 5.74) is 1.16. The van der Waals surface area contributed by atoms with E-state index >= 15 is 0 Å². The Balaban J connectivity index is 1.07. The van der Waals surface area contributed by atoms with Crippen molar-refractivity contribution in [3.63, 3.8) is 0 Å². The van der Waals surface area contributed by atoms with Gasteiger partial charge in [-0.3, -0.25) is 9.59 Å². The fourth-order valence-corrected chi connectivity index (χ4v) is 5.08. The summed E-state index contributed by atoms with van der Waals surface area (Å²) in [6, 6.07) is 13.3. The highest BCUT2D eigenvalue weighted by molar-refractivity contribution is 7.99. The summed E-state index contributed by atoms with van der Waals surface area (Å²) in [5.74, 6) is 1.32. The minimum atomic E-state index is -0.312. The van der Waals surface area contributed by atoms with Crippen LogP contribution in [0.3, 0.4) is 0 Å². The quantitative estimate of drug-likeness (QED) is 0.289. The molecule has 0 atom stereocenters. The molecule has 2 N–H and O–H groups in total. The second-order valence-corrected chi connectivity index (χ2v) is 9.64. The zero-order valence-electron chi connectivity index (χ0n) is 18.9. The van der Waals surface area contributed by atoms with Crippen LogP contribution in [0.1, 0.15) is 43.9 Å². The lowest BCUT2D eigenvalue weighted by Gasteiger charge is -2.27. The van der Waals surface area contributed by atoms with Crippen LogP contribution in [0.5, 0.6) is 0 Å². The molecule has 180 valence electrons. The van der Waals surface area contributed by atoms with Crippen LogP contribution in [0.4, 0.5) is 4.39 Å². The minimum Gasteiger partial charge on any atom is -0.420 e. The van der Waals surface area contributed by atoms with Crippen LogP contribution < -0.4 is 10.9 Å². The van der Waals surface area contributed by atoms with E-state index in [9.17, 15) is 14.0 Å². The molecule has 2 heterocycles. The maximum atomic E-state index is 13.1. The molecule has 2 aromatic carbocycles. The number of carbonyl (C=O) groups is 1. The molecule has 1 aliphatic rings. The third-order valence-corrected chi connectivity index (χ3v) is 7.01. The molecule has 5 rings (SSSR count). The third-order valence-electron chi connectivity index (χ3n) is 6.13. The van der Waals surface area contributed by atoms with Crippen LogP contribution in [-0.2, 0) is 4.79 Å². The number of fused-ring (bicyclic) bond motifs is 1. The van der Waals surface area contributed by atoms with Gasteiger partial charge >= 0.3 is 0 Å². The fraction of sp³-hybridized carbons (Fsp3) is 0.320. The first-order valence-electron chi connectivity index (χ1n) is 11.6. The van der Waals surface area contributed by atoms with Gasteiger partial charge in [-0.05, 0) is 62.1 Å². The minimum absolute atomic E-state index is 0.0135. The Morgan fingerprint density at radius 1 is 1.09 bits per heavy atom. The number of hydrogen-bond donors (Lipinski definition) is 2. The molecular formula is C25H24FN5O3S. The highest BCUT2D eigenvalue weighted by atomic mass is 32.2. The van der Waals surface area contributed by atoms with Gasteiger partial charge in [-0.15, -0.1) is 10.2 Å². The second kappa shape index (κ2) is 10.4. The van der Waals surface area contributed by atoms with Crippen molar-refractivity contribution in [2.75, 3.05) is 5.75 Å². The number of rotatable bonds is 7. The molecule has 1 saturated carbocycles. The zero-order valence-corrected chi connectivity index (χ0v) is 19.7. The highest BCUT2D eigenvalue weighted by Gasteiger charge is 2.27. The first-order chi connectivity index (χ1) is 17.0. The Labute approximate surface area is 204 Å². The van der Waals surface area contributed by atoms with Crippen molar-refractivity contribution < 1.29 is 13.6 Å². The van der Waals surface area contributed by atoms with Gasteiger partial charge < -0.3 is 14.7 Å². The number of hydrogen-bond acceptors (Lipinski definition) is 7. The van der Waals surface area contributed by atoms with Crippen LogP contribution in [-0.4, -0.2) is 37.9 Å². The average molecular weight is 494 g/mol.